The molecule has 0 radical (unpaired) electrons. The summed E-state index contributed by atoms with van der Waals surface area (Å²) in [5.74, 6) is 1.74. The van der Waals surface area contributed by atoms with Gasteiger partial charge in [-0.25, -0.2) is 0 Å². The summed E-state index contributed by atoms with van der Waals surface area (Å²) < 4.78 is 0. The van der Waals surface area contributed by atoms with E-state index in [1.54, 1.807) is 0 Å². The van der Waals surface area contributed by atoms with Crippen molar-refractivity contribution >= 4 is 0 Å². The molecule has 1 N–H and O–H groups in total. The fourth-order valence-electron chi connectivity index (χ4n) is 3.42. The van der Waals surface area contributed by atoms with E-state index in [-0.39, 0.29) is 0 Å². The molecule has 0 spiro atoms. The predicted octanol–water partition coefficient (Wildman–Crippen LogP) is 4.73. The lowest BCUT2D eigenvalue weighted by molar-refractivity contribution is 0.359. The maximum atomic E-state index is 3.80. The number of benzene rings is 1. The van der Waals surface area contributed by atoms with Crippen molar-refractivity contribution in [2.75, 3.05) is 6.54 Å². The van der Waals surface area contributed by atoms with Gasteiger partial charge < -0.3 is 5.32 Å². The Morgan fingerprint density at radius 2 is 2.11 bits per heavy atom. The lowest BCUT2D eigenvalue weighted by Gasteiger charge is -2.26. The number of rotatable bonds is 6. The summed E-state index contributed by atoms with van der Waals surface area (Å²) in [6.45, 7) is 8.03. The molecular formula is C18H29N. The minimum absolute atomic E-state index is 0.566. The quantitative estimate of drug-likeness (QED) is 0.779. The van der Waals surface area contributed by atoms with Crippen molar-refractivity contribution in [1.82, 2.24) is 5.32 Å². The van der Waals surface area contributed by atoms with Gasteiger partial charge in [-0.15, -0.1) is 0 Å². The summed E-state index contributed by atoms with van der Waals surface area (Å²) in [7, 11) is 0. The Hall–Kier alpha value is -0.820. The Morgan fingerprint density at radius 1 is 1.26 bits per heavy atom. The first-order chi connectivity index (χ1) is 9.24. The number of aryl methyl sites for hydroxylation is 1. The van der Waals surface area contributed by atoms with Crippen LogP contribution in [0.4, 0.5) is 0 Å². The molecule has 1 aromatic carbocycles. The van der Waals surface area contributed by atoms with Gasteiger partial charge in [0.25, 0.3) is 0 Å². The maximum absolute atomic E-state index is 3.80. The Morgan fingerprint density at radius 3 is 2.74 bits per heavy atom. The normalized spacial score (nSPS) is 24.6. The molecule has 3 unspecified atom stereocenters. The van der Waals surface area contributed by atoms with Gasteiger partial charge in [-0.1, -0.05) is 51.5 Å². The highest BCUT2D eigenvalue weighted by atomic mass is 14.9. The van der Waals surface area contributed by atoms with Gasteiger partial charge in [0, 0.05) is 6.04 Å². The average Bonchev–Trinajstić information content (AvgIpc) is 2.86. The minimum Gasteiger partial charge on any atom is -0.310 e. The van der Waals surface area contributed by atoms with Gasteiger partial charge in [-0.2, -0.15) is 0 Å². The molecule has 1 fully saturated rings. The molecule has 0 amide bonds. The summed E-state index contributed by atoms with van der Waals surface area (Å²) in [6, 6.07) is 9.77. The molecule has 1 aromatic rings. The first-order valence-electron chi connectivity index (χ1n) is 8.06. The van der Waals surface area contributed by atoms with E-state index in [1.165, 1.54) is 36.8 Å². The van der Waals surface area contributed by atoms with Crippen LogP contribution in [0.1, 0.15) is 63.6 Å². The molecule has 1 aliphatic carbocycles. The van der Waals surface area contributed by atoms with Gasteiger partial charge in [0.1, 0.15) is 0 Å². The standard InChI is InChI=1S/C18H29N/c1-4-11-19-18(17-10-9-14(3)12-17)16-8-6-7-15(5-2)13-16/h6-8,13-14,17-19H,4-5,9-12H2,1-3H3. The molecule has 1 nitrogen and oxygen atoms in total. The van der Waals surface area contributed by atoms with Crippen LogP contribution in [-0.2, 0) is 6.42 Å². The molecular weight excluding hydrogens is 230 g/mol. The second-order valence-electron chi connectivity index (χ2n) is 6.21. The molecule has 0 bridgehead atoms. The Labute approximate surface area is 118 Å². The van der Waals surface area contributed by atoms with Crippen LogP contribution in [0, 0.1) is 11.8 Å². The van der Waals surface area contributed by atoms with Gasteiger partial charge in [-0.05, 0) is 55.2 Å². The third-order valence-corrected chi connectivity index (χ3v) is 4.54. The molecule has 19 heavy (non-hydrogen) atoms. The van der Waals surface area contributed by atoms with Crippen LogP contribution in [0.5, 0.6) is 0 Å². The fraction of sp³-hybridized carbons (Fsp3) is 0.667. The lowest BCUT2D eigenvalue weighted by Crippen LogP contribution is -2.28. The molecule has 1 saturated carbocycles. The molecule has 0 aromatic heterocycles. The third kappa shape index (κ3) is 3.82. The van der Waals surface area contributed by atoms with Crippen LogP contribution in [0.25, 0.3) is 0 Å². The van der Waals surface area contributed by atoms with Crippen LogP contribution < -0.4 is 5.32 Å². The van der Waals surface area contributed by atoms with Gasteiger partial charge >= 0.3 is 0 Å². The summed E-state index contributed by atoms with van der Waals surface area (Å²) in [5, 5.41) is 3.80. The van der Waals surface area contributed by atoms with Crippen LogP contribution in [0.15, 0.2) is 24.3 Å². The first kappa shape index (κ1) is 14.6. The highest BCUT2D eigenvalue weighted by Gasteiger charge is 2.29. The molecule has 1 heteroatoms. The van der Waals surface area contributed by atoms with E-state index in [1.807, 2.05) is 0 Å². The van der Waals surface area contributed by atoms with E-state index in [0.29, 0.717) is 6.04 Å². The van der Waals surface area contributed by atoms with Gasteiger partial charge in [0.15, 0.2) is 0 Å². The molecule has 2 rings (SSSR count). The maximum Gasteiger partial charge on any atom is 0.0348 e. The monoisotopic (exact) mass is 259 g/mol. The van der Waals surface area contributed by atoms with Gasteiger partial charge in [0.2, 0.25) is 0 Å². The van der Waals surface area contributed by atoms with Gasteiger partial charge in [-0.3, -0.25) is 0 Å². The number of hydrogen-bond acceptors (Lipinski definition) is 1. The smallest absolute Gasteiger partial charge is 0.0348 e. The highest BCUT2D eigenvalue weighted by molar-refractivity contribution is 5.27. The minimum atomic E-state index is 0.566. The topological polar surface area (TPSA) is 12.0 Å². The third-order valence-electron chi connectivity index (χ3n) is 4.54. The van der Waals surface area contributed by atoms with Crippen LogP contribution in [-0.4, -0.2) is 6.54 Å². The summed E-state index contributed by atoms with van der Waals surface area (Å²) in [4.78, 5) is 0. The van der Waals surface area contributed by atoms with Crippen molar-refractivity contribution in [3.05, 3.63) is 35.4 Å². The van der Waals surface area contributed by atoms with Crippen molar-refractivity contribution in [2.24, 2.45) is 11.8 Å². The predicted molar refractivity (Wildman–Crippen MR) is 83.4 cm³/mol. The molecule has 0 aliphatic heterocycles. The summed E-state index contributed by atoms with van der Waals surface area (Å²) in [6.07, 6.45) is 6.53. The first-order valence-corrected chi connectivity index (χ1v) is 8.06. The number of nitrogens with one attached hydrogen (secondary N) is 1. The van der Waals surface area contributed by atoms with Crippen LogP contribution in [0.2, 0.25) is 0 Å². The molecule has 0 saturated heterocycles. The molecule has 0 heterocycles. The lowest BCUT2D eigenvalue weighted by atomic mass is 9.89. The Bertz CT molecular complexity index is 385. The van der Waals surface area contributed by atoms with E-state index in [2.05, 4.69) is 50.4 Å². The zero-order valence-corrected chi connectivity index (χ0v) is 12.8. The highest BCUT2D eigenvalue weighted by Crippen LogP contribution is 2.39. The molecule has 106 valence electrons. The van der Waals surface area contributed by atoms with E-state index in [4.69, 9.17) is 0 Å². The second-order valence-corrected chi connectivity index (χ2v) is 6.21. The summed E-state index contributed by atoms with van der Waals surface area (Å²) in [5.41, 5.74) is 2.97. The zero-order valence-electron chi connectivity index (χ0n) is 12.8. The van der Waals surface area contributed by atoms with Crippen molar-refractivity contribution in [2.45, 2.75) is 58.9 Å². The van der Waals surface area contributed by atoms with E-state index in [9.17, 15) is 0 Å². The van der Waals surface area contributed by atoms with Gasteiger partial charge in [0.05, 0.1) is 0 Å². The molecule has 3 atom stereocenters. The van der Waals surface area contributed by atoms with E-state index < -0.39 is 0 Å². The average molecular weight is 259 g/mol. The van der Waals surface area contributed by atoms with Crippen molar-refractivity contribution in [3.63, 3.8) is 0 Å². The van der Waals surface area contributed by atoms with Crippen molar-refractivity contribution < 1.29 is 0 Å². The fourth-order valence-corrected chi connectivity index (χ4v) is 3.42. The SMILES string of the molecule is CCCNC(c1cccc(CC)c1)C1CCC(C)C1. The van der Waals surface area contributed by atoms with Crippen LogP contribution >= 0.6 is 0 Å². The molecule has 1 aliphatic rings. The van der Waals surface area contributed by atoms with E-state index in [0.717, 1.165) is 24.8 Å². The number of hydrogen-bond donors (Lipinski definition) is 1. The zero-order chi connectivity index (χ0) is 13.7. The van der Waals surface area contributed by atoms with E-state index >= 15 is 0 Å². The second kappa shape index (κ2) is 7.09. The van der Waals surface area contributed by atoms with Crippen molar-refractivity contribution in [1.29, 1.82) is 0 Å². The largest absolute Gasteiger partial charge is 0.310 e. The Balaban J connectivity index is 2.15. The van der Waals surface area contributed by atoms with Crippen LogP contribution in [0.3, 0.4) is 0 Å². The van der Waals surface area contributed by atoms with Crippen molar-refractivity contribution in [3.8, 4) is 0 Å². The summed E-state index contributed by atoms with van der Waals surface area (Å²) >= 11 is 0. The Kier molecular flexibility index (Phi) is 5.45.